The summed E-state index contributed by atoms with van der Waals surface area (Å²) in [6.45, 7) is 6.58. The molecule has 0 aliphatic rings. The summed E-state index contributed by atoms with van der Waals surface area (Å²) in [4.78, 5) is 11.3. The van der Waals surface area contributed by atoms with Gasteiger partial charge in [-0.2, -0.15) is 0 Å². The molecule has 1 aromatic rings. The molecule has 0 radical (unpaired) electrons. The van der Waals surface area contributed by atoms with Crippen LogP contribution in [0.2, 0.25) is 19.6 Å². The number of rotatable bonds is 2. The number of hydrogen-bond donors (Lipinski definition) is 0. The summed E-state index contributed by atoms with van der Waals surface area (Å²) >= 11 is 3.43. The molecule has 0 saturated heterocycles. The molecule has 0 unspecified atom stereocenters. The van der Waals surface area contributed by atoms with E-state index in [1.54, 1.807) is 0 Å². The molecule has 0 atom stereocenters. The third-order valence-electron chi connectivity index (χ3n) is 2.21. The molecule has 0 bridgehead atoms. The quantitative estimate of drug-likeness (QED) is 0.473. The highest BCUT2D eigenvalue weighted by atomic mass is 79.9. The number of benzene rings is 1. The Morgan fingerprint density at radius 2 is 2.06 bits per heavy atom. The lowest BCUT2D eigenvalue weighted by atomic mass is 10.1. The van der Waals surface area contributed by atoms with Gasteiger partial charge in [-0.1, -0.05) is 47.6 Å². The van der Waals surface area contributed by atoms with E-state index < -0.39 is 8.07 Å². The van der Waals surface area contributed by atoms with Crippen LogP contribution in [0.3, 0.4) is 0 Å². The first kappa shape index (κ1) is 15.0. The van der Waals surface area contributed by atoms with E-state index in [-0.39, 0.29) is 12.4 Å². The summed E-state index contributed by atoms with van der Waals surface area (Å²) in [6, 6.07) is 5.78. The van der Waals surface area contributed by atoms with E-state index in [9.17, 15) is 4.79 Å². The third-order valence-corrected chi connectivity index (χ3v) is 3.57. The smallest absolute Gasteiger partial charge is 0.310 e. The molecule has 0 saturated carbocycles. The predicted octanol–water partition coefficient (Wildman–Crippen LogP) is 3.39. The fraction of sp³-hybridized carbons (Fsp3) is 0.357. The third kappa shape index (κ3) is 5.07. The molecule has 0 fully saturated rings. The van der Waals surface area contributed by atoms with Gasteiger partial charge in [0.25, 0.3) is 0 Å². The van der Waals surface area contributed by atoms with E-state index >= 15 is 0 Å². The Labute approximate surface area is 118 Å². The molecular formula is C14H17BrO2Si. The summed E-state index contributed by atoms with van der Waals surface area (Å²) in [7, 11) is -0.0237. The highest BCUT2D eigenvalue weighted by Gasteiger charge is 2.10. The van der Waals surface area contributed by atoms with Crippen LogP contribution < -0.4 is 0 Å². The largest absolute Gasteiger partial charge is 0.469 e. The highest BCUT2D eigenvalue weighted by molar-refractivity contribution is 9.10. The molecule has 0 amide bonds. The second-order valence-corrected chi connectivity index (χ2v) is 10.7. The van der Waals surface area contributed by atoms with Crippen LogP contribution in [-0.4, -0.2) is 21.2 Å². The molecule has 96 valence electrons. The highest BCUT2D eigenvalue weighted by Crippen LogP contribution is 2.17. The maximum atomic E-state index is 11.3. The van der Waals surface area contributed by atoms with Gasteiger partial charge in [0, 0.05) is 10.0 Å². The lowest BCUT2D eigenvalue weighted by Crippen LogP contribution is -2.16. The number of esters is 1. The second kappa shape index (κ2) is 6.21. The number of ether oxygens (including phenoxy) is 1. The topological polar surface area (TPSA) is 26.3 Å². The molecule has 2 nitrogen and oxygen atoms in total. The van der Waals surface area contributed by atoms with E-state index in [4.69, 9.17) is 4.74 Å². The summed E-state index contributed by atoms with van der Waals surface area (Å²) < 4.78 is 5.66. The predicted molar refractivity (Wildman–Crippen MR) is 80.1 cm³/mol. The Kier molecular flexibility index (Phi) is 5.18. The van der Waals surface area contributed by atoms with Crippen LogP contribution in [0.15, 0.2) is 22.7 Å². The first-order chi connectivity index (χ1) is 8.31. The van der Waals surface area contributed by atoms with Crippen molar-refractivity contribution >= 4 is 30.0 Å². The molecule has 0 spiro atoms. The van der Waals surface area contributed by atoms with Crippen LogP contribution in [0.4, 0.5) is 0 Å². The van der Waals surface area contributed by atoms with Gasteiger partial charge in [-0.05, 0) is 17.7 Å². The minimum absolute atomic E-state index is 0.242. The second-order valence-electron chi connectivity index (χ2n) is 5.05. The van der Waals surface area contributed by atoms with Gasteiger partial charge in [0.05, 0.1) is 13.5 Å². The summed E-state index contributed by atoms with van der Waals surface area (Å²) in [6.07, 6.45) is 0.263. The number of halogens is 1. The monoisotopic (exact) mass is 324 g/mol. The molecule has 0 N–H and O–H groups in total. The van der Waals surface area contributed by atoms with Gasteiger partial charge in [0.1, 0.15) is 8.07 Å². The Bertz CT molecular complexity index is 507. The van der Waals surface area contributed by atoms with Crippen molar-refractivity contribution in [2.75, 3.05) is 7.11 Å². The van der Waals surface area contributed by atoms with Gasteiger partial charge in [0.2, 0.25) is 0 Å². The van der Waals surface area contributed by atoms with E-state index in [1.165, 1.54) is 7.11 Å². The van der Waals surface area contributed by atoms with E-state index in [0.717, 1.165) is 15.6 Å². The lowest BCUT2D eigenvalue weighted by Gasteiger charge is -2.06. The van der Waals surface area contributed by atoms with Crippen molar-refractivity contribution in [1.29, 1.82) is 0 Å². The van der Waals surface area contributed by atoms with Crippen LogP contribution in [0.1, 0.15) is 11.1 Å². The SMILES string of the molecule is COC(=O)Cc1ccc(Br)cc1C#C[Si](C)(C)C. The van der Waals surface area contributed by atoms with Crippen molar-refractivity contribution < 1.29 is 9.53 Å². The molecule has 18 heavy (non-hydrogen) atoms. The molecule has 1 rings (SSSR count). The van der Waals surface area contributed by atoms with E-state index in [2.05, 4.69) is 47.0 Å². The fourth-order valence-corrected chi connectivity index (χ4v) is 2.17. The van der Waals surface area contributed by atoms with Crippen molar-refractivity contribution in [2.24, 2.45) is 0 Å². The number of carbonyl (C=O) groups excluding carboxylic acids is 1. The standard InChI is InChI=1S/C14H17BrO2Si/c1-17-14(16)10-11-5-6-13(15)9-12(11)7-8-18(2,3)4/h5-6,9H,10H2,1-4H3. The van der Waals surface area contributed by atoms with Crippen LogP contribution >= 0.6 is 15.9 Å². The molecule has 0 aromatic heterocycles. The minimum Gasteiger partial charge on any atom is -0.469 e. The Balaban J connectivity index is 3.11. The maximum Gasteiger partial charge on any atom is 0.310 e. The number of hydrogen-bond acceptors (Lipinski definition) is 2. The van der Waals surface area contributed by atoms with Crippen molar-refractivity contribution in [2.45, 2.75) is 26.1 Å². The molecule has 1 aromatic carbocycles. The van der Waals surface area contributed by atoms with Gasteiger partial charge < -0.3 is 4.74 Å². The average molecular weight is 325 g/mol. The zero-order chi connectivity index (χ0) is 13.8. The van der Waals surface area contributed by atoms with E-state index in [1.807, 2.05) is 18.2 Å². The number of methoxy groups -OCH3 is 1. The minimum atomic E-state index is -1.42. The van der Waals surface area contributed by atoms with Crippen LogP contribution in [0.25, 0.3) is 0 Å². The van der Waals surface area contributed by atoms with Gasteiger partial charge in [0.15, 0.2) is 0 Å². The van der Waals surface area contributed by atoms with Crippen LogP contribution in [0.5, 0.6) is 0 Å². The van der Waals surface area contributed by atoms with Gasteiger partial charge in [-0.25, -0.2) is 0 Å². The molecule has 0 aliphatic heterocycles. The average Bonchev–Trinajstić information content (AvgIpc) is 2.28. The summed E-state index contributed by atoms with van der Waals surface area (Å²) in [5.74, 6) is 2.96. The first-order valence-electron chi connectivity index (χ1n) is 5.70. The van der Waals surface area contributed by atoms with Crippen LogP contribution in [-0.2, 0) is 16.0 Å². The number of carbonyl (C=O) groups is 1. The Morgan fingerprint density at radius 1 is 1.39 bits per heavy atom. The summed E-state index contributed by atoms with van der Waals surface area (Å²) in [5, 5.41) is 0. The van der Waals surface area contributed by atoms with Crippen LogP contribution in [0, 0.1) is 11.5 Å². The molecule has 0 aliphatic carbocycles. The van der Waals surface area contributed by atoms with Gasteiger partial charge >= 0.3 is 5.97 Å². The normalized spacial score (nSPS) is 10.5. The maximum absolute atomic E-state index is 11.3. The Hall–Kier alpha value is -1.05. The van der Waals surface area contributed by atoms with Crippen molar-refractivity contribution in [3.05, 3.63) is 33.8 Å². The zero-order valence-electron chi connectivity index (χ0n) is 11.1. The van der Waals surface area contributed by atoms with Gasteiger partial charge in [-0.15, -0.1) is 5.54 Å². The first-order valence-corrected chi connectivity index (χ1v) is 9.99. The molecule has 4 heteroatoms. The van der Waals surface area contributed by atoms with Crippen molar-refractivity contribution in [3.63, 3.8) is 0 Å². The summed E-state index contributed by atoms with van der Waals surface area (Å²) in [5.41, 5.74) is 5.13. The lowest BCUT2D eigenvalue weighted by molar-refractivity contribution is -0.139. The van der Waals surface area contributed by atoms with E-state index in [0.29, 0.717) is 0 Å². The Morgan fingerprint density at radius 3 is 2.61 bits per heavy atom. The molecular weight excluding hydrogens is 308 g/mol. The van der Waals surface area contributed by atoms with Crippen molar-refractivity contribution in [3.8, 4) is 11.5 Å². The zero-order valence-corrected chi connectivity index (χ0v) is 13.7. The fourth-order valence-electron chi connectivity index (χ4n) is 1.30. The van der Waals surface area contributed by atoms with Crippen molar-refractivity contribution in [1.82, 2.24) is 0 Å². The molecule has 0 heterocycles. The van der Waals surface area contributed by atoms with Gasteiger partial charge in [-0.3, -0.25) is 4.79 Å².